The minimum absolute atomic E-state index is 0.844. The number of hydrogen-bond acceptors (Lipinski definition) is 3. The lowest BCUT2D eigenvalue weighted by Gasteiger charge is -2.35. The summed E-state index contributed by atoms with van der Waals surface area (Å²) >= 11 is 0. The monoisotopic (exact) mass is 281 g/mol. The number of nitrogens with one attached hydrogen (secondary N) is 1. The molecule has 0 aliphatic carbocycles. The summed E-state index contributed by atoms with van der Waals surface area (Å²) in [6.07, 6.45) is 9.70. The fraction of sp³-hybridized carbons (Fsp3) is 1.00. The number of rotatable bonds is 7. The Morgan fingerprint density at radius 1 is 1.10 bits per heavy atom. The number of piperidine rings is 2. The highest BCUT2D eigenvalue weighted by Gasteiger charge is 2.21. The average Bonchev–Trinajstić information content (AvgIpc) is 2.47. The van der Waals surface area contributed by atoms with Crippen molar-refractivity contribution in [2.75, 3.05) is 46.3 Å². The molecule has 0 saturated carbocycles. The molecule has 0 aromatic rings. The zero-order valence-electron chi connectivity index (χ0n) is 13.7. The average molecular weight is 281 g/mol. The number of hydrogen-bond donors (Lipinski definition) is 1. The number of nitrogens with zero attached hydrogens (tertiary/aromatic N) is 2. The van der Waals surface area contributed by atoms with E-state index in [2.05, 4.69) is 29.1 Å². The SMILES string of the molecule is CCCN(CCC1CCCCN1C)CC1CCNCC1. The summed E-state index contributed by atoms with van der Waals surface area (Å²) < 4.78 is 0. The number of likely N-dealkylation sites (tertiary alicyclic amines) is 1. The van der Waals surface area contributed by atoms with Crippen LogP contribution in [0.25, 0.3) is 0 Å². The van der Waals surface area contributed by atoms with Gasteiger partial charge in [-0.05, 0) is 84.2 Å². The van der Waals surface area contributed by atoms with Gasteiger partial charge in [-0.3, -0.25) is 0 Å². The van der Waals surface area contributed by atoms with Crippen LogP contribution in [0.4, 0.5) is 0 Å². The van der Waals surface area contributed by atoms with Crippen LogP contribution in [-0.4, -0.2) is 62.2 Å². The lowest BCUT2D eigenvalue weighted by atomic mass is 9.96. The van der Waals surface area contributed by atoms with Crippen LogP contribution in [0, 0.1) is 5.92 Å². The van der Waals surface area contributed by atoms with Crippen molar-refractivity contribution in [1.82, 2.24) is 15.1 Å². The largest absolute Gasteiger partial charge is 0.317 e. The molecule has 0 aromatic carbocycles. The molecule has 0 bridgehead atoms. The van der Waals surface area contributed by atoms with Crippen LogP contribution in [0.2, 0.25) is 0 Å². The maximum absolute atomic E-state index is 3.48. The molecule has 1 atom stereocenters. The second-order valence-electron chi connectivity index (χ2n) is 6.91. The molecule has 118 valence electrons. The topological polar surface area (TPSA) is 18.5 Å². The van der Waals surface area contributed by atoms with Crippen molar-refractivity contribution < 1.29 is 0 Å². The Balaban J connectivity index is 1.72. The van der Waals surface area contributed by atoms with Gasteiger partial charge in [0.25, 0.3) is 0 Å². The smallest absolute Gasteiger partial charge is 0.0104 e. The minimum Gasteiger partial charge on any atom is -0.317 e. The van der Waals surface area contributed by atoms with Gasteiger partial charge in [0.2, 0.25) is 0 Å². The van der Waals surface area contributed by atoms with E-state index in [-0.39, 0.29) is 0 Å². The van der Waals surface area contributed by atoms with Crippen molar-refractivity contribution in [1.29, 1.82) is 0 Å². The van der Waals surface area contributed by atoms with Gasteiger partial charge < -0.3 is 15.1 Å². The molecule has 0 spiro atoms. The first-order valence-corrected chi connectivity index (χ1v) is 8.93. The van der Waals surface area contributed by atoms with Crippen LogP contribution >= 0.6 is 0 Å². The van der Waals surface area contributed by atoms with Crippen LogP contribution in [0.1, 0.15) is 51.9 Å². The molecule has 1 N–H and O–H groups in total. The summed E-state index contributed by atoms with van der Waals surface area (Å²) in [6, 6.07) is 0.844. The van der Waals surface area contributed by atoms with Crippen molar-refractivity contribution in [2.24, 2.45) is 5.92 Å². The predicted molar refractivity (Wildman–Crippen MR) is 87.2 cm³/mol. The highest BCUT2D eigenvalue weighted by molar-refractivity contribution is 4.77. The molecule has 2 rings (SSSR count). The third-order valence-electron chi connectivity index (χ3n) is 5.22. The van der Waals surface area contributed by atoms with E-state index in [4.69, 9.17) is 0 Å². The minimum atomic E-state index is 0.844. The summed E-state index contributed by atoms with van der Waals surface area (Å²) in [5.41, 5.74) is 0. The van der Waals surface area contributed by atoms with Crippen LogP contribution in [0.3, 0.4) is 0 Å². The second-order valence-corrected chi connectivity index (χ2v) is 6.91. The van der Waals surface area contributed by atoms with Gasteiger partial charge in [0.15, 0.2) is 0 Å². The molecule has 3 nitrogen and oxygen atoms in total. The zero-order valence-corrected chi connectivity index (χ0v) is 13.7. The third-order valence-corrected chi connectivity index (χ3v) is 5.22. The normalized spacial score (nSPS) is 26.2. The molecule has 2 aliphatic rings. The highest BCUT2D eigenvalue weighted by Crippen LogP contribution is 2.19. The first-order valence-electron chi connectivity index (χ1n) is 8.93. The molecule has 20 heavy (non-hydrogen) atoms. The first kappa shape index (κ1) is 16.3. The molecule has 2 fully saturated rings. The second kappa shape index (κ2) is 9.01. The lowest BCUT2D eigenvalue weighted by Crippen LogP contribution is -2.41. The summed E-state index contributed by atoms with van der Waals surface area (Å²) in [5, 5.41) is 3.48. The van der Waals surface area contributed by atoms with Gasteiger partial charge in [0, 0.05) is 12.6 Å². The van der Waals surface area contributed by atoms with Crippen LogP contribution < -0.4 is 5.32 Å². The molecule has 0 aromatic heterocycles. The molecule has 0 radical (unpaired) electrons. The maximum Gasteiger partial charge on any atom is 0.0104 e. The van der Waals surface area contributed by atoms with Gasteiger partial charge in [0.05, 0.1) is 0 Å². The Morgan fingerprint density at radius 2 is 1.90 bits per heavy atom. The fourth-order valence-corrected chi connectivity index (χ4v) is 3.88. The Labute approximate surface area is 126 Å². The van der Waals surface area contributed by atoms with Gasteiger partial charge in [-0.2, -0.15) is 0 Å². The van der Waals surface area contributed by atoms with E-state index in [0.29, 0.717) is 0 Å². The van der Waals surface area contributed by atoms with E-state index in [1.807, 2.05) is 0 Å². The van der Waals surface area contributed by atoms with Gasteiger partial charge in [-0.25, -0.2) is 0 Å². The van der Waals surface area contributed by atoms with E-state index >= 15 is 0 Å². The van der Waals surface area contributed by atoms with Crippen LogP contribution in [-0.2, 0) is 0 Å². The highest BCUT2D eigenvalue weighted by atomic mass is 15.2. The molecule has 2 aliphatic heterocycles. The lowest BCUT2D eigenvalue weighted by molar-refractivity contribution is 0.142. The summed E-state index contributed by atoms with van der Waals surface area (Å²) in [6.45, 7) is 10.0. The molecular weight excluding hydrogens is 246 g/mol. The molecule has 1 unspecified atom stereocenters. The van der Waals surface area contributed by atoms with Crippen molar-refractivity contribution >= 4 is 0 Å². The molecule has 2 saturated heterocycles. The van der Waals surface area contributed by atoms with E-state index in [9.17, 15) is 0 Å². The summed E-state index contributed by atoms with van der Waals surface area (Å²) in [4.78, 5) is 5.34. The Kier molecular flexibility index (Phi) is 7.32. The quantitative estimate of drug-likeness (QED) is 0.774. The van der Waals surface area contributed by atoms with Crippen LogP contribution in [0.5, 0.6) is 0 Å². The maximum atomic E-state index is 3.48. The Hall–Kier alpha value is -0.120. The van der Waals surface area contributed by atoms with E-state index in [0.717, 1.165) is 12.0 Å². The van der Waals surface area contributed by atoms with Crippen molar-refractivity contribution in [2.45, 2.75) is 57.9 Å². The van der Waals surface area contributed by atoms with Gasteiger partial charge in [-0.15, -0.1) is 0 Å². The molecule has 0 amide bonds. The third kappa shape index (κ3) is 5.34. The van der Waals surface area contributed by atoms with Gasteiger partial charge in [0.1, 0.15) is 0 Å². The van der Waals surface area contributed by atoms with Crippen LogP contribution in [0.15, 0.2) is 0 Å². The summed E-state index contributed by atoms with van der Waals surface area (Å²) in [7, 11) is 2.32. The predicted octanol–water partition coefficient (Wildman–Crippen LogP) is 2.57. The summed E-state index contributed by atoms with van der Waals surface area (Å²) in [5.74, 6) is 0.937. The molecule has 3 heteroatoms. The van der Waals surface area contributed by atoms with Gasteiger partial charge in [-0.1, -0.05) is 13.3 Å². The van der Waals surface area contributed by atoms with E-state index < -0.39 is 0 Å². The first-order chi connectivity index (χ1) is 9.79. The Bertz CT molecular complexity index is 251. The van der Waals surface area contributed by atoms with Crippen molar-refractivity contribution in [3.05, 3.63) is 0 Å². The zero-order chi connectivity index (χ0) is 14.2. The van der Waals surface area contributed by atoms with Crippen molar-refractivity contribution in [3.63, 3.8) is 0 Å². The standard InChI is InChI=1S/C17H35N3/c1-3-12-20(15-16-7-10-18-11-8-16)14-9-17-6-4-5-13-19(17)2/h16-18H,3-15H2,1-2H3. The molecular formula is C17H35N3. The molecule has 2 heterocycles. The fourth-order valence-electron chi connectivity index (χ4n) is 3.88. The Morgan fingerprint density at radius 3 is 2.60 bits per heavy atom. The van der Waals surface area contributed by atoms with Gasteiger partial charge >= 0.3 is 0 Å². The van der Waals surface area contributed by atoms with E-state index in [1.54, 1.807) is 0 Å². The van der Waals surface area contributed by atoms with E-state index in [1.165, 1.54) is 84.2 Å². The van der Waals surface area contributed by atoms with Crippen molar-refractivity contribution in [3.8, 4) is 0 Å².